The van der Waals surface area contributed by atoms with E-state index in [4.69, 9.17) is 0 Å². The lowest BCUT2D eigenvalue weighted by Gasteiger charge is -2.13. The third kappa shape index (κ3) is 2.43. The number of hydrogen-bond donors (Lipinski definition) is 1. The number of nitrogens with zero attached hydrogens (tertiary/aromatic N) is 5. The molecular formula is C12H19N5O. The van der Waals surface area contributed by atoms with Gasteiger partial charge in [0.2, 0.25) is 0 Å². The molecule has 2 aromatic rings. The molecule has 6 nitrogen and oxygen atoms in total. The van der Waals surface area contributed by atoms with Crippen LogP contribution in [-0.2, 0) is 13.1 Å². The second kappa shape index (κ2) is 5.77. The highest BCUT2D eigenvalue weighted by atomic mass is 16.3. The van der Waals surface area contributed by atoms with Gasteiger partial charge in [0.15, 0.2) is 0 Å². The first-order valence-electron chi connectivity index (χ1n) is 6.36. The Hall–Kier alpha value is -1.69. The largest absolute Gasteiger partial charge is 0.380 e. The first-order valence-corrected chi connectivity index (χ1v) is 6.36. The van der Waals surface area contributed by atoms with Gasteiger partial charge in [0.1, 0.15) is 6.10 Å². The van der Waals surface area contributed by atoms with E-state index in [9.17, 15) is 5.11 Å². The van der Waals surface area contributed by atoms with E-state index in [1.54, 1.807) is 17.1 Å². The average molecular weight is 249 g/mol. The molecule has 1 atom stereocenters. The third-order valence-electron chi connectivity index (χ3n) is 2.83. The maximum absolute atomic E-state index is 10.4. The number of aromatic nitrogens is 5. The van der Waals surface area contributed by atoms with Crippen LogP contribution in [0.5, 0.6) is 0 Å². The second-order valence-corrected chi connectivity index (χ2v) is 4.26. The summed E-state index contributed by atoms with van der Waals surface area (Å²) in [6, 6.07) is 1.84. The van der Waals surface area contributed by atoms with Crippen molar-refractivity contribution in [2.75, 3.05) is 0 Å². The summed E-state index contributed by atoms with van der Waals surface area (Å²) in [5.74, 6) is 0. The number of rotatable bonds is 6. The monoisotopic (exact) mass is 249 g/mol. The molecule has 2 rings (SSSR count). The van der Waals surface area contributed by atoms with Crippen LogP contribution in [0.3, 0.4) is 0 Å². The van der Waals surface area contributed by atoms with Crippen molar-refractivity contribution in [1.29, 1.82) is 0 Å². The van der Waals surface area contributed by atoms with Gasteiger partial charge in [-0.3, -0.25) is 4.68 Å². The zero-order chi connectivity index (χ0) is 13.0. The minimum absolute atomic E-state index is 0.717. The number of aliphatic hydroxyl groups excluding tert-OH is 1. The van der Waals surface area contributed by atoms with Gasteiger partial charge in [-0.25, -0.2) is 4.68 Å². The average Bonchev–Trinajstić information content (AvgIpc) is 2.98. The van der Waals surface area contributed by atoms with Gasteiger partial charge in [0.25, 0.3) is 0 Å². The molecule has 1 N–H and O–H groups in total. The minimum Gasteiger partial charge on any atom is -0.380 e. The maximum Gasteiger partial charge on any atom is 0.139 e. The topological polar surface area (TPSA) is 68.8 Å². The Bertz CT molecular complexity index is 446. The van der Waals surface area contributed by atoms with E-state index in [2.05, 4.69) is 29.3 Å². The van der Waals surface area contributed by atoms with Crippen LogP contribution in [0, 0.1) is 0 Å². The van der Waals surface area contributed by atoms with Crippen LogP contribution in [0.1, 0.15) is 44.2 Å². The van der Waals surface area contributed by atoms with Crippen LogP contribution in [0.15, 0.2) is 18.5 Å². The lowest BCUT2D eigenvalue weighted by Crippen LogP contribution is -2.14. The van der Waals surface area contributed by atoms with Crippen LogP contribution in [0.25, 0.3) is 0 Å². The Morgan fingerprint density at radius 1 is 1.17 bits per heavy atom. The van der Waals surface area contributed by atoms with Crippen molar-refractivity contribution in [3.63, 3.8) is 0 Å². The number of hydrogen-bond acceptors (Lipinski definition) is 4. The molecule has 98 valence electrons. The van der Waals surface area contributed by atoms with Crippen LogP contribution in [0.4, 0.5) is 0 Å². The van der Waals surface area contributed by atoms with E-state index in [0.717, 1.165) is 37.3 Å². The van der Waals surface area contributed by atoms with Crippen molar-refractivity contribution >= 4 is 0 Å². The van der Waals surface area contributed by atoms with Gasteiger partial charge in [-0.05, 0) is 18.9 Å². The van der Waals surface area contributed by atoms with Gasteiger partial charge in [-0.15, -0.1) is 5.10 Å². The Morgan fingerprint density at radius 3 is 2.61 bits per heavy atom. The van der Waals surface area contributed by atoms with Crippen molar-refractivity contribution in [2.45, 2.75) is 45.9 Å². The zero-order valence-electron chi connectivity index (χ0n) is 10.8. The molecule has 0 saturated heterocycles. The van der Waals surface area contributed by atoms with Crippen molar-refractivity contribution in [1.82, 2.24) is 24.8 Å². The second-order valence-electron chi connectivity index (χ2n) is 4.26. The van der Waals surface area contributed by atoms with Gasteiger partial charge in [0.05, 0.1) is 17.6 Å². The Morgan fingerprint density at radius 2 is 1.89 bits per heavy atom. The molecule has 0 radical (unpaired) electrons. The van der Waals surface area contributed by atoms with Crippen molar-refractivity contribution < 1.29 is 5.11 Å². The highest BCUT2D eigenvalue weighted by molar-refractivity contribution is 5.16. The van der Waals surface area contributed by atoms with Gasteiger partial charge >= 0.3 is 0 Å². The fourth-order valence-corrected chi connectivity index (χ4v) is 1.99. The summed E-state index contributed by atoms with van der Waals surface area (Å²) in [4.78, 5) is 0. The highest BCUT2D eigenvalue weighted by Crippen LogP contribution is 2.21. The molecular weight excluding hydrogens is 230 g/mol. The molecule has 0 amide bonds. The van der Waals surface area contributed by atoms with E-state index < -0.39 is 6.10 Å². The Kier molecular flexibility index (Phi) is 4.09. The summed E-state index contributed by atoms with van der Waals surface area (Å²) in [7, 11) is 0. The predicted octanol–water partition coefficient (Wildman–Crippen LogP) is 1.38. The van der Waals surface area contributed by atoms with Crippen LogP contribution < -0.4 is 0 Å². The Labute approximate surface area is 106 Å². The van der Waals surface area contributed by atoms with Crippen molar-refractivity contribution in [2.24, 2.45) is 0 Å². The fourth-order valence-electron chi connectivity index (χ4n) is 1.99. The van der Waals surface area contributed by atoms with Crippen molar-refractivity contribution in [3.8, 4) is 0 Å². The quantitative estimate of drug-likeness (QED) is 0.839. The molecule has 0 aliphatic heterocycles. The number of aliphatic hydroxyl groups is 1. The van der Waals surface area contributed by atoms with Gasteiger partial charge < -0.3 is 5.11 Å². The lowest BCUT2D eigenvalue weighted by molar-refractivity contribution is 0.195. The number of aryl methyl sites for hydroxylation is 2. The van der Waals surface area contributed by atoms with Crippen molar-refractivity contribution in [3.05, 3.63) is 29.8 Å². The summed E-state index contributed by atoms with van der Waals surface area (Å²) < 4.78 is 3.57. The molecule has 1 unspecified atom stereocenters. The van der Waals surface area contributed by atoms with E-state index in [-0.39, 0.29) is 0 Å². The van der Waals surface area contributed by atoms with E-state index in [1.165, 1.54) is 0 Å². The molecule has 0 aliphatic rings. The summed E-state index contributed by atoms with van der Waals surface area (Å²) in [6.45, 7) is 5.71. The Balaban J connectivity index is 2.26. The summed E-state index contributed by atoms with van der Waals surface area (Å²) in [6.07, 6.45) is 4.54. The van der Waals surface area contributed by atoms with Crippen LogP contribution >= 0.6 is 0 Å². The standard InChI is InChI=1S/C12H19N5O/c1-3-7-16-10(5-6-14-16)12(18)11-9-13-15-17(11)8-4-2/h5-6,9,12,18H,3-4,7-8H2,1-2H3. The van der Waals surface area contributed by atoms with Gasteiger partial charge in [-0.2, -0.15) is 5.10 Å². The molecule has 0 aliphatic carbocycles. The summed E-state index contributed by atoms with van der Waals surface area (Å²) in [5, 5.41) is 22.5. The molecule has 2 aromatic heterocycles. The minimum atomic E-state index is -0.722. The SMILES string of the molecule is CCCn1nccc1C(O)c1cnnn1CCC. The van der Waals surface area contributed by atoms with Crippen LogP contribution in [0.2, 0.25) is 0 Å². The van der Waals surface area contributed by atoms with Crippen LogP contribution in [-0.4, -0.2) is 29.9 Å². The summed E-state index contributed by atoms with van der Waals surface area (Å²) >= 11 is 0. The van der Waals surface area contributed by atoms with E-state index in [1.807, 2.05) is 10.7 Å². The summed E-state index contributed by atoms with van der Waals surface area (Å²) in [5.41, 5.74) is 1.51. The predicted molar refractivity (Wildman–Crippen MR) is 66.9 cm³/mol. The lowest BCUT2D eigenvalue weighted by atomic mass is 10.2. The third-order valence-corrected chi connectivity index (χ3v) is 2.83. The van der Waals surface area contributed by atoms with Gasteiger partial charge in [-0.1, -0.05) is 19.1 Å². The fraction of sp³-hybridized carbons (Fsp3) is 0.583. The molecule has 0 bridgehead atoms. The molecule has 18 heavy (non-hydrogen) atoms. The zero-order valence-corrected chi connectivity index (χ0v) is 10.8. The van der Waals surface area contributed by atoms with Gasteiger partial charge in [0, 0.05) is 19.3 Å². The molecule has 6 heteroatoms. The van der Waals surface area contributed by atoms with E-state index in [0.29, 0.717) is 0 Å². The normalized spacial score (nSPS) is 12.8. The molecule has 0 aromatic carbocycles. The first kappa shape index (κ1) is 12.8. The molecule has 0 fully saturated rings. The smallest absolute Gasteiger partial charge is 0.139 e. The first-order chi connectivity index (χ1) is 8.77. The molecule has 0 spiro atoms. The molecule has 0 saturated carbocycles. The molecule has 2 heterocycles. The maximum atomic E-state index is 10.4. The highest BCUT2D eigenvalue weighted by Gasteiger charge is 2.19. The van der Waals surface area contributed by atoms with E-state index >= 15 is 0 Å².